The first-order valence-electron chi connectivity index (χ1n) is 5.97. The maximum Gasteiger partial charge on any atom is 0.107 e. The van der Waals surface area contributed by atoms with Gasteiger partial charge in [-0.3, -0.25) is 0 Å². The Morgan fingerprint density at radius 2 is 2.31 bits per heavy atom. The normalized spacial score (nSPS) is 11.2. The molecule has 0 saturated heterocycles. The van der Waals surface area contributed by atoms with E-state index in [1.165, 1.54) is 9.88 Å². The van der Waals surface area contributed by atoms with Gasteiger partial charge in [0.15, 0.2) is 0 Å². The Hall–Kier alpha value is -0.450. The van der Waals surface area contributed by atoms with Crippen LogP contribution in [0.15, 0.2) is 6.20 Å². The summed E-state index contributed by atoms with van der Waals surface area (Å²) in [5, 5.41) is 4.56. The number of thiazole rings is 1. The second-order valence-electron chi connectivity index (χ2n) is 4.04. The summed E-state index contributed by atoms with van der Waals surface area (Å²) in [6, 6.07) is 0. The zero-order valence-electron chi connectivity index (χ0n) is 10.5. The average Bonchev–Trinajstić information content (AvgIpc) is 2.72. The lowest BCUT2D eigenvalue weighted by Gasteiger charge is -2.02. The Morgan fingerprint density at radius 1 is 1.50 bits per heavy atom. The van der Waals surface area contributed by atoms with Gasteiger partial charge in [0.1, 0.15) is 5.01 Å². The van der Waals surface area contributed by atoms with Gasteiger partial charge in [0.25, 0.3) is 0 Å². The summed E-state index contributed by atoms with van der Waals surface area (Å²) in [6.45, 7) is 9.96. The largest absolute Gasteiger partial charge is 0.382 e. The van der Waals surface area contributed by atoms with Crippen LogP contribution in [0.4, 0.5) is 0 Å². The van der Waals surface area contributed by atoms with Gasteiger partial charge in [0.05, 0.1) is 0 Å². The third-order valence-electron chi connectivity index (χ3n) is 2.26. The molecule has 0 radical (unpaired) electrons. The number of hydrogen-bond acceptors (Lipinski definition) is 4. The fraction of sp³-hybridized carbons (Fsp3) is 0.750. The number of nitrogens with zero attached hydrogens (tertiary/aromatic N) is 1. The van der Waals surface area contributed by atoms with E-state index in [0.717, 1.165) is 32.7 Å². The van der Waals surface area contributed by atoms with Crippen LogP contribution >= 0.6 is 11.3 Å². The molecule has 0 bridgehead atoms. The molecule has 0 aromatic carbocycles. The zero-order chi connectivity index (χ0) is 11.8. The van der Waals surface area contributed by atoms with Crippen molar-refractivity contribution in [3.63, 3.8) is 0 Å². The van der Waals surface area contributed by atoms with Crippen molar-refractivity contribution in [3.8, 4) is 0 Å². The fourth-order valence-corrected chi connectivity index (χ4v) is 2.20. The molecule has 0 aliphatic carbocycles. The van der Waals surface area contributed by atoms with E-state index in [4.69, 9.17) is 4.74 Å². The minimum Gasteiger partial charge on any atom is -0.382 e. The van der Waals surface area contributed by atoms with Gasteiger partial charge in [-0.15, -0.1) is 11.3 Å². The number of ether oxygens (including phenoxy) is 1. The first kappa shape index (κ1) is 13.6. The molecule has 1 aromatic rings. The molecule has 0 unspecified atom stereocenters. The van der Waals surface area contributed by atoms with Crippen LogP contribution in [-0.2, 0) is 11.3 Å². The van der Waals surface area contributed by atoms with Crippen LogP contribution in [0.5, 0.6) is 0 Å². The molecular weight excluding hydrogens is 220 g/mol. The molecule has 0 spiro atoms. The molecule has 1 heterocycles. The molecule has 0 fully saturated rings. The van der Waals surface area contributed by atoms with Crippen LogP contribution in [0.1, 0.15) is 43.0 Å². The van der Waals surface area contributed by atoms with Gasteiger partial charge in [-0.2, -0.15) is 0 Å². The minimum atomic E-state index is 0.587. The first-order valence-corrected chi connectivity index (χ1v) is 6.78. The Morgan fingerprint density at radius 3 is 2.94 bits per heavy atom. The molecule has 92 valence electrons. The van der Waals surface area contributed by atoms with Crippen LogP contribution in [0.3, 0.4) is 0 Å². The Labute approximate surface area is 102 Å². The van der Waals surface area contributed by atoms with Crippen molar-refractivity contribution in [3.05, 3.63) is 16.1 Å². The van der Waals surface area contributed by atoms with Gasteiger partial charge in [-0.1, -0.05) is 13.8 Å². The molecule has 0 aliphatic rings. The molecule has 1 N–H and O–H groups in total. The molecule has 0 atom stereocenters. The lowest BCUT2D eigenvalue weighted by Crippen LogP contribution is -2.16. The van der Waals surface area contributed by atoms with Crippen LogP contribution in [0.25, 0.3) is 0 Å². The van der Waals surface area contributed by atoms with E-state index < -0.39 is 0 Å². The number of hydrogen-bond donors (Lipinski definition) is 1. The van der Waals surface area contributed by atoms with Gasteiger partial charge >= 0.3 is 0 Å². The second kappa shape index (κ2) is 7.76. The highest BCUT2D eigenvalue weighted by Gasteiger charge is 2.04. The van der Waals surface area contributed by atoms with Crippen LogP contribution < -0.4 is 5.32 Å². The molecule has 16 heavy (non-hydrogen) atoms. The lowest BCUT2D eigenvalue weighted by molar-refractivity contribution is 0.144. The van der Waals surface area contributed by atoms with E-state index >= 15 is 0 Å². The Bertz CT molecular complexity index is 286. The van der Waals surface area contributed by atoms with Gasteiger partial charge in [-0.05, 0) is 25.8 Å². The fourth-order valence-electron chi connectivity index (χ4n) is 1.31. The van der Waals surface area contributed by atoms with Gasteiger partial charge < -0.3 is 10.1 Å². The SMILES string of the molecule is CCOCCCNCc1ncc(C(C)C)s1. The second-order valence-corrected chi connectivity index (χ2v) is 5.19. The third kappa shape index (κ3) is 5.05. The summed E-state index contributed by atoms with van der Waals surface area (Å²) >= 11 is 1.80. The lowest BCUT2D eigenvalue weighted by atomic mass is 10.2. The zero-order valence-corrected chi connectivity index (χ0v) is 11.3. The molecule has 0 amide bonds. The number of aromatic nitrogens is 1. The average molecular weight is 242 g/mol. The van der Waals surface area contributed by atoms with Crippen LogP contribution in [0, 0.1) is 0 Å². The standard InChI is InChI=1S/C12H22N2OS/c1-4-15-7-5-6-13-9-12-14-8-11(16-12)10(2)3/h8,10,13H,4-7,9H2,1-3H3. The van der Waals surface area contributed by atoms with Crippen LogP contribution in [-0.4, -0.2) is 24.7 Å². The van der Waals surface area contributed by atoms with Crippen molar-refractivity contribution in [2.75, 3.05) is 19.8 Å². The van der Waals surface area contributed by atoms with Crippen molar-refractivity contribution in [1.29, 1.82) is 0 Å². The third-order valence-corrected chi connectivity index (χ3v) is 3.56. The Kier molecular flexibility index (Phi) is 6.61. The topological polar surface area (TPSA) is 34.1 Å². The van der Waals surface area contributed by atoms with Gasteiger partial charge in [0.2, 0.25) is 0 Å². The van der Waals surface area contributed by atoms with Crippen molar-refractivity contribution in [2.45, 2.75) is 39.7 Å². The van der Waals surface area contributed by atoms with Crippen LogP contribution in [0.2, 0.25) is 0 Å². The van der Waals surface area contributed by atoms with E-state index in [-0.39, 0.29) is 0 Å². The molecule has 0 aliphatic heterocycles. The molecule has 4 heteroatoms. The van der Waals surface area contributed by atoms with E-state index in [1.807, 2.05) is 13.1 Å². The molecule has 1 aromatic heterocycles. The highest BCUT2D eigenvalue weighted by Crippen LogP contribution is 2.21. The van der Waals surface area contributed by atoms with Gasteiger partial charge in [-0.25, -0.2) is 4.98 Å². The smallest absolute Gasteiger partial charge is 0.107 e. The summed E-state index contributed by atoms with van der Waals surface area (Å²) in [5.74, 6) is 0.587. The van der Waals surface area contributed by atoms with E-state index in [1.54, 1.807) is 11.3 Å². The summed E-state index contributed by atoms with van der Waals surface area (Å²) in [4.78, 5) is 5.76. The molecular formula is C12H22N2OS. The summed E-state index contributed by atoms with van der Waals surface area (Å²) < 4.78 is 5.27. The van der Waals surface area contributed by atoms with E-state index in [2.05, 4.69) is 24.1 Å². The minimum absolute atomic E-state index is 0.587. The predicted octanol–water partition coefficient (Wildman–Crippen LogP) is 2.78. The summed E-state index contributed by atoms with van der Waals surface area (Å²) in [7, 11) is 0. The molecule has 3 nitrogen and oxygen atoms in total. The van der Waals surface area contributed by atoms with Crippen molar-refractivity contribution in [2.24, 2.45) is 0 Å². The highest BCUT2D eigenvalue weighted by atomic mass is 32.1. The molecule has 1 rings (SSSR count). The van der Waals surface area contributed by atoms with E-state index in [0.29, 0.717) is 5.92 Å². The van der Waals surface area contributed by atoms with Crippen molar-refractivity contribution < 1.29 is 4.74 Å². The molecule has 0 saturated carbocycles. The number of rotatable bonds is 8. The maximum absolute atomic E-state index is 5.27. The first-order chi connectivity index (χ1) is 7.74. The van der Waals surface area contributed by atoms with Gasteiger partial charge in [0, 0.05) is 30.8 Å². The summed E-state index contributed by atoms with van der Waals surface area (Å²) in [6.07, 6.45) is 3.06. The van der Waals surface area contributed by atoms with Crippen molar-refractivity contribution in [1.82, 2.24) is 10.3 Å². The highest BCUT2D eigenvalue weighted by molar-refractivity contribution is 7.11. The quantitative estimate of drug-likeness (QED) is 0.712. The predicted molar refractivity (Wildman–Crippen MR) is 69.0 cm³/mol. The summed E-state index contributed by atoms with van der Waals surface area (Å²) in [5.41, 5.74) is 0. The maximum atomic E-state index is 5.27. The van der Waals surface area contributed by atoms with E-state index in [9.17, 15) is 0 Å². The monoisotopic (exact) mass is 242 g/mol. The Balaban J connectivity index is 2.12. The number of nitrogens with one attached hydrogen (secondary N) is 1. The van der Waals surface area contributed by atoms with Crippen molar-refractivity contribution >= 4 is 11.3 Å².